The van der Waals surface area contributed by atoms with Crippen molar-refractivity contribution in [3.05, 3.63) is 12.2 Å². The fourth-order valence-corrected chi connectivity index (χ4v) is 3.20. The van der Waals surface area contributed by atoms with Crippen LogP contribution in [-0.2, 0) is 9.59 Å². The number of carboxylic acids is 1. The predicted octanol–water partition coefficient (Wildman–Crippen LogP) is 0.552. The maximum absolute atomic E-state index is 11.0. The van der Waals surface area contributed by atoms with E-state index in [1.807, 2.05) is 5.32 Å². The van der Waals surface area contributed by atoms with E-state index in [2.05, 4.69) is 6.92 Å². The zero-order valence-electron chi connectivity index (χ0n) is 18.3. The van der Waals surface area contributed by atoms with Crippen molar-refractivity contribution in [2.24, 2.45) is 0 Å². The fourth-order valence-electron chi connectivity index (χ4n) is 3.20. The lowest BCUT2D eigenvalue weighted by molar-refractivity contribution is -0.311. The highest BCUT2D eigenvalue weighted by molar-refractivity contribution is 5.81. The lowest BCUT2D eigenvalue weighted by Crippen LogP contribution is -2.59. The Balaban J connectivity index is 4.01. The standard InChI is InChI=1S/C22H41NO7/c1-3-4-5-10-13-17(25)14-11-8-6-7-9-12-15-18(26)20(27)21(28)19(22(29)30)23-16(2)24/h12,15,17-21,25-28H,3-11,13-14H2,1-2H3,(H,23,24)(H,29,30)/p-1/b15-12+/t17-,18+,19+,20-,21-/m1/s1. The summed E-state index contributed by atoms with van der Waals surface area (Å²) in [4.78, 5) is 22.0. The Morgan fingerprint density at radius 1 is 0.900 bits per heavy atom. The van der Waals surface area contributed by atoms with Crippen LogP contribution in [0.1, 0.15) is 84.5 Å². The fraction of sp³-hybridized carbons (Fsp3) is 0.818. The third kappa shape index (κ3) is 13.7. The van der Waals surface area contributed by atoms with E-state index in [1.54, 1.807) is 6.08 Å². The van der Waals surface area contributed by atoms with Crippen LogP contribution < -0.4 is 10.4 Å². The number of carboxylic acid groups (broad SMARTS) is 1. The van der Waals surface area contributed by atoms with Crippen LogP contribution >= 0.6 is 0 Å². The van der Waals surface area contributed by atoms with Gasteiger partial charge in [0.1, 0.15) is 18.3 Å². The first-order valence-electron chi connectivity index (χ1n) is 11.1. The maximum Gasteiger partial charge on any atom is 0.217 e. The molecule has 0 saturated carbocycles. The minimum absolute atomic E-state index is 0.216. The number of hydrogen-bond donors (Lipinski definition) is 5. The lowest BCUT2D eigenvalue weighted by atomic mass is 10.00. The van der Waals surface area contributed by atoms with Gasteiger partial charge in [0.25, 0.3) is 0 Å². The molecule has 0 spiro atoms. The van der Waals surface area contributed by atoms with E-state index in [0.29, 0.717) is 6.42 Å². The van der Waals surface area contributed by atoms with Crippen molar-refractivity contribution in [2.75, 3.05) is 0 Å². The molecule has 0 saturated heterocycles. The van der Waals surface area contributed by atoms with Gasteiger partial charge >= 0.3 is 0 Å². The summed E-state index contributed by atoms with van der Waals surface area (Å²) in [6, 6.07) is -1.82. The number of aliphatic hydroxyl groups is 4. The van der Waals surface area contributed by atoms with Crippen molar-refractivity contribution in [3.63, 3.8) is 0 Å². The number of hydrogen-bond acceptors (Lipinski definition) is 7. The van der Waals surface area contributed by atoms with Gasteiger partial charge in [0.2, 0.25) is 5.91 Å². The molecule has 1 amide bonds. The number of carbonyl (C=O) groups excluding carboxylic acids is 2. The summed E-state index contributed by atoms with van der Waals surface area (Å²) in [6.45, 7) is 3.23. The highest BCUT2D eigenvalue weighted by Gasteiger charge is 2.31. The number of amides is 1. The van der Waals surface area contributed by atoms with Crippen molar-refractivity contribution in [2.45, 2.75) is 115 Å². The van der Waals surface area contributed by atoms with Crippen molar-refractivity contribution in [1.82, 2.24) is 5.32 Å². The molecular formula is C22H40NO7-. The molecular weight excluding hydrogens is 390 g/mol. The second-order valence-electron chi connectivity index (χ2n) is 7.89. The number of carbonyl (C=O) groups is 2. The van der Waals surface area contributed by atoms with Gasteiger partial charge in [0, 0.05) is 6.92 Å². The smallest absolute Gasteiger partial charge is 0.217 e. The number of allylic oxidation sites excluding steroid dienone is 1. The van der Waals surface area contributed by atoms with E-state index < -0.39 is 36.2 Å². The van der Waals surface area contributed by atoms with E-state index in [9.17, 15) is 35.1 Å². The molecule has 0 aliphatic carbocycles. The molecule has 5 N–H and O–H groups in total. The largest absolute Gasteiger partial charge is 0.548 e. The van der Waals surface area contributed by atoms with Gasteiger partial charge in [-0.2, -0.15) is 0 Å². The molecule has 8 nitrogen and oxygen atoms in total. The topological polar surface area (TPSA) is 150 Å². The molecule has 0 bridgehead atoms. The SMILES string of the molecule is CCCCCC[C@@H](O)CCCCCC/C=C/[C@H](O)[C@@H](O)[C@H](O)[C@H](NC(C)=O)C(=O)[O-]. The Morgan fingerprint density at radius 3 is 2.00 bits per heavy atom. The summed E-state index contributed by atoms with van der Waals surface area (Å²) in [5.74, 6) is -2.46. The molecule has 0 aromatic carbocycles. The molecule has 0 radical (unpaired) electrons. The highest BCUT2D eigenvalue weighted by atomic mass is 16.4. The van der Waals surface area contributed by atoms with E-state index in [4.69, 9.17) is 0 Å². The van der Waals surface area contributed by atoms with Gasteiger partial charge < -0.3 is 35.6 Å². The van der Waals surface area contributed by atoms with Crippen LogP contribution in [0.3, 0.4) is 0 Å². The van der Waals surface area contributed by atoms with Crippen molar-refractivity contribution < 1.29 is 35.1 Å². The summed E-state index contributed by atoms with van der Waals surface area (Å²) in [5, 5.41) is 52.6. The Bertz CT molecular complexity index is 498. The van der Waals surface area contributed by atoms with Crippen LogP contribution in [-0.4, -0.2) is 62.8 Å². The summed E-state index contributed by atoms with van der Waals surface area (Å²) < 4.78 is 0. The first-order valence-corrected chi connectivity index (χ1v) is 11.1. The van der Waals surface area contributed by atoms with Gasteiger partial charge in [-0.15, -0.1) is 0 Å². The molecule has 5 atom stereocenters. The van der Waals surface area contributed by atoms with Crippen molar-refractivity contribution >= 4 is 11.9 Å². The summed E-state index contributed by atoms with van der Waals surface area (Å²) in [5.41, 5.74) is 0. The van der Waals surface area contributed by atoms with E-state index in [1.165, 1.54) is 25.3 Å². The van der Waals surface area contributed by atoms with E-state index in [-0.39, 0.29) is 6.10 Å². The molecule has 0 heterocycles. The molecule has 0 aromatic rings. The molecule has 0 aliphatic rings. The van der Waals surface area contributed by atoms with Crippen LogP contribution in [0.2, 0.25) is 0 Å². The van der Waals surface area contributed by atoms with E-state index in [0.717, 1.165) is 51.9 Å². The second-order valence-corrected chi connectivity index (χ2v) is 7.89. The number of unbranched alkanes of at least 4 members (excludes halogenated alkanes) is 7. The summed E-state index contributed by atoms with van der Waals surface area (Å²) >= 11 is 0. The van der Waals surface area contributed by atoms with E-state index >= 15 is 0 Å². The minimum Gasteiger partial charge on any atom is -0.548 e. The number of rotatable bonds is 18. The molecule has 0 unspecified atom stereocenters. The molecule has 0 aliphatic heterocycles. The lowest BCUT2D eigenvalue weighted by Gasteiger charge is -2.29. The van der Waals surface area contributed by atoms with Crippen molar-refractivity contribution in [1.29, 1.82) is 0 Å². The molecule has 30 heavy (non-hydrogen) atoms. The first-order chi connectivity index (χ1) is 14.2. The van der Waals surface area contributed by atoms with Crippen LogP contribution in [0.15, 0.2) is 12.2 Å². The van der Waals surface area contributed by atoms with Gasteiger partial charge in [-0.05, 0) is 25.7 Å². The second kappa shape index (κ2) is 17.2. The van der Waals surface area contributed by atoms with Gasteiger partial charge in [-0.25, -0.2) is 0 Å². The minimum atomic E-state index is -1.91. The molecule has 0 aromatic heterocycles. The Labute approximate surface area is 180 Å². The number of aliphatic hydroxyl groups excluding tert-OH is 4. The van der Waals surface area contributed by atoms with Crippen molar-refractivity contribution in [3.8, 4) is 0 Å². The monoisotopic (exact) mass is 430 g/mol. The molecule has 8 heteroatoms. The number of aliphatic carboxylic acids is 1. The van der Waals surface area contributed by atoms with Crippen LogP contribution in [0, 0.1) is 0 Å². The number of nitrogens with one attached hydrogen (secondary N) is 1. The Kier molecular flexibility index (Phi) is 16.4. The average molecular weight is 431 g/mol. The average Bonchev–Trinajstić information content (AvgIpc) is 2.69. The molecule has 0 fully saturated rings. The van der Waals surface area contributed by atoms with Crippen LogP contribution in [0.5, 0.6) is 0 Å². The third-order valence-electron chi connectivity index (χ3n) is 5.04. The van der Waals surface area contributed by atoms with Crippen LogP contribution in [0.25, 0.3) is 0 Å². The van der Waals surface area contributed by atoms with Gasteiger partial charge in [-0.1, -0.05) is 64.0 Å². The maximum atomic E-state index is 11.0. The molecule has 0 rings (SSSR count). The normalized spacial score (nSPS) is 16.7. The van der Waals surface area contributed by atoms with Gasteiger partial charge in [-0.3, -0.25) is 4.79 Å². The summed E-state index contributed by atoms with van der Waals surface area (Å²) in [7, 11) is 0. The van der Waals surface area contributed by atoms with Gasteiger partial charge in [0.05, 0.1) is 18.1 Å². The highest BCUT2D eigenvalue weighted by Crippen LogP contribution is 2.13. The van der Waals surface area contributed by atoms with Gasteiger partial charge in [0.15, 0.2) is 0 Å². The Morgan fingerprint density at radius 2 is 1.47 bits per heavy atom. The molecule has 176 valence electrons. The predicted molar refractivity (Wildman–Crippen MR) is 112 cm³/mol. The zero-order valence-corrected chi connectivity index (χ0v) is 18.3. The quantitative estimate of drug-likeness (QED) is 0.157. The summed E-state index contributed by atoms with van der Waals surface area (Å²) in [6.07, 6.45) is 8.44. The zero-order chi connectivity index (χ0) is 22.9. The first kappa shape index (κ1) is 28.5. The Hall–Kier alpha value is -1.48. The van der Waals surface area contributed by atoms with Crippen LogP contribution in [0.4, 0.5) is 0 Å². The third-order valence-corrected chi connectivity index (χ3v) is 5.04.